The summed E-state index contributed by atoms with van der Waals surface area (Å²) >= 11 is 0. The quantitative estimate of drug-likeness (QED) is 0.906. The maximum atomic E-state index is 5.58. The highest BCUT2D eigenvalue weighted by molar-refractivity contribution is 5.05. The molecule has 1 aliphatic heterocycles. The SMILES string of the molecule is CC(C)n1ccc(CC2(CNC(C)(C)C)CCOCC2)n1. The second-order valence-electron chi connectivity index (χ2n) is 7.77. The first-order valence-electron chi connectivity index (χ1n) is 8.17. The van der Waals surface area contributed by atoms with Crippen LogP contribution in [0.15, 0.2) is 12.3 Å². The van der Waals surface area contributed by atoms with Crippen LogP contribution in [0, 0.1) is 5.41 Å². The molecule has 4 heteroatoms. The summed E-state index contributed by atoms with van der Waals surface area (Å²) in [4.78, 5) is 0. The van der Waals surface area contributed by atoms with Gasteiger partial charge in [0.05, 0.1) is 5.69 Å². The molecule has 2 heterocycles. The predicted molar refractivity (Wildman–Crippen MR) is 86.6 cm³/mol. The fourth-order valence-electron chi connectivity index (χ4n) is 2.82. The van der Waals surface area contributed by atoms with Crippen molar-refractivity contribution >= 4 is 0 Å². The summed E-state index contributed by atoms with van der Waals surface area (Å²) in [5.74, 6) is 0. The van der Waals surface area contributed by atoms with E-state index >= 15 is 0 Å². The predicted octanol–water partition coefficient (Wildman–Crippen LogP) is 3.19. The third kappa shape index (κ3) is 4.82. The summed E-state index contributed by atoms with van der Waals surface area (Å²) in [6.07, 6.45) is 5.37. The molecule has 4 nitrogen and oxygen atoms in total. The third-order valence-electron chi connectivity index (χ3n) is 4.30. The molecule has 120 valence electrons. The van der Waals surface area contributed by atoms with E-state index in [1.165, 1.54) is 5.69 Å². The van der Waals surface area contributed by atoms with Gasteiger partial charge in [-0.25, -0.2) is 0 Å². The molecular formula is C17H31N3O. The largest absolute Gasteiger partial charge is 0.381 e. The van der Waals surface area contributed by atoms with E-state index in [2.05, 4.69) is 56.9 Å². The van der Waals surface area contributed by atoms with Gasteiger partial charge in [-0.1, -0.05) is 0 Å². The Kier molecular flexibility index (Phi) is 5.10. The van der Waals surface area contributed by atoms with Crippen molar-refractivity contribution in [2.45, 2.75) is 65.5 Å². The van der Waals surface area contributed by atoms with Crippen molar-refractivity contribution in [2.75, 3.05) is 19.8 Å². The zero-order valence-corrected chi connectivity index (χ0v) is 14.3. The lowest BCUT2D eigenvalue weighted by Crippen LogP contribution is -2.47. The molecular weight excluding hydrogens is 262 g/mol. The topological polar surface area (TPSA) is 39.1 Å². The zero-order valence-electron chi connectivity index (χ0n) is 14.3. The van der Waals surface area contributed by atoms with E-state index < -0.39 is 0 Å². The van der Waals surface area contributed by atoms with E-state index in [4.69, 9.17) is 9.84 Å². The van der Waals surface area contributed by atoms with Crippen molar-refractivity contribution in [3.05, 3.63) is 18.0 Å². The van der Waals surface area contributed by atoms with Gasteiger partial charge in [-0.05, 0) is 65.4 Å². The molecule has 1 fully saturated rings. The average Bonchev–Trinajstić information content (AvgIpc) is 2.85. The highest BCUT2D eigenvalue weighted by Gasteiger charge is 2.34. The van der Waals surface area contributed by atoms with Crippen LogP contribution in [0.1, 0.15) is 59.2 Å². The van der Waals surface area contributed by atoms with Crippen LogP contribution >= 0.6 is 0 Å². The molecule has 0 aromatic carbocycles. The normalized spacial score (nSPS) is 19.1. The van der Waals surface area contributed by atoms with Gasteiger partial charge < -0.3 is 10.1 Å². The van der Waals surface area contributed by atoms with Gasteiger partial charge in [-0.3, -0.25) is 4.68 Å². The molecule has 1 aromatic heterocycles. The molecule has 0 radical (unpaired) electrons. The molecule has 1 aliphatic rings. The van der Waals surface area contributed by atoms with Crippen LogP contribution in [0.5, 0.6) is 0 Å². The Hall–Kier alpha value is -0.870. The van der Waals surface area contributed by atoms with E-state index in [0.29, 0.717) is 6.04 Å². The Balaban J connectivity index is 2.07. The van der Waals surface area contributed by atoms with Crippen molar-refractivity contribution < 1.29 is 4.74 Å². The Bertz CT molecular complexity index is 439. The molecule has 0 saturated carbocycles. The maximum absolute atomic E-state index is 5.58. The van der Waals surface area contributed by atoms with Crippen molar-refractivity contribution in [2.24, 2.45) is 5.41 Å². The van der Waals surface area contributed by atoms with Crippen molar-refractivity contribution in [3.8, 4) is 0 Å². The number of rotatable bonds is 5. The van der Waals surface area contributed by atoms with E-state index in [-0.39, 0.29) is 11.0 Å². The second kappa shape index (κ2) is 6.49. The van der Waals surface area contributed by atoms with Crippen LogP contribution in [0.2, 0.25) is 0 Å². The van der Waals surface area contributed by atoms with Gasteiger partial charge >= 0.3 is 0 Å². The molecule has 1 aromatic rings. The van der Waals surface area contributed by atoms with Crippen molar-refractivity contribution in [3.63, 3.8) is 0 Å². The molecule has 0 bridgehead atoms. The summed E-state index contributed by atoms with van der Waals surface area (Å²) < 4.78 is 7.64. The fourth-order valence-corrected chi connectivity index (χ4v) is 2.82. The summed E-state index contributed by atoms with van der Waals surface area (Å²) in [5, 5.41) is 8.43. The van der Waals surface area contributed by atoms with Gasteiger partial charge in [0.15, 0.2) is 0 Å². The van der Waals surface area contributed by atoms with Gasteiger partial charge in [-0.2, -0.15) is 5.10 Å². The summed E-state index contributed by atoms with van der Waals surface area (Å²) in [6.45, 7) is 13.8. The minimum absolute atomic E-state index is 0.155. The van der Waals surface area contributed by atoms with Crippen molar-refractivity contribution in [1.29, 1.82) is 0 Å². The zero-order chi connectivity index (χ0) is 15.5. The fraction of sp³-hybridized carbons (Fsp3) is 0.824. The standard InChI is InChI=1S/C17H31N3O/c1-14(2)20-9-6-15(19-20)12-17(7-10-21-11-8-17)13-18-16(3,4)5/h6,9,14,18H,7-8,10-13H2,1-5H3. The number of hydrogen-bond donors (Lipinski definition) is 1. The first-order valence-corrected chi connectivity index (χ1v) is 8.17. The van der Waals surface area contributed by atoms with Gasteiger partial charge in [0.25, 0.3) is 0 Å². The number of aromatic nitrogens is 2. The Morgan fingerprint density at radius 2 is 2.00 bits per heavy atom. The Labute approximate surface area is 129 Å². The molecule has 0 spiro atoms. The first kappa shape index (κ1) is 16.5. The number of nitrogens with zero attached hydrogens (tertiary/aromatic N) is 2. The summed E-state index contributed by atoms with van der Waals surface area (Å²) in [6, 6.07) is 2.60. The van der Waals surface area contributed by atoms with E-state index in [0.717, 1.165) is 39.0 Å². The smallest absolute Gasteiger partial charge is 0.0630 e. The molecule has 0 amide bonds. The minimum Gasteiger partial charge on any atom is -0.381 e. The van der Waals surface area contributed by atoms with E-state index in [1.54, 1.807) is 0 Å². The molecule has 0 aliphatic carbocycles. The first-order chi connectivity index (χ1) is 9.80. The molecule has 21 heavy (non-hydrogen) atoms. The van der Waals surface area contributed by atoms with Gasteiger partial charge in [-0.15, -0.1) is 0 Å². The summed E-state index contributed by atoms with van der Waals surface area (Å²) in [5.41, 5.74) is 1.64. The Morgan fingerprint density at radius 1 is 1.33 bits per heavy atom. The van der Waals surface area contributed by atoms with Crippen molar-refractivity contribution in [1.82, 2.24) is 15.1 Å². The monoisotopic (exact) mass is 293 g/mol. The average molecular weight is 293 g/mol. The number of hydrogen-bond acceptors (Lipinski definition) is 3. The number of ether oxygens (including phenoxy) is 1. The molecule has 0 unspecified atom stereocenters. The molecule has 0 atom stereocenters. The lowest BCUT2D eigenvalue weighted by Gasteiger charge is -2.39. The maximum Gasteiger partial charge on any atom is 0.0630 e. The van der Waals surface area contributed by atoms with Crippen LogP contribution < -0.4 is 5.32 Å². The van der Waals surface area contributed by atoms with Crippen LogP contribution in [-0.4, -0.2) is 35.1 Å². The van der Waals surface area contributed by atoms with Gasteiger partial charge in [0, 0.05) is 37.5 Å². The van der Waals surface area contributed by atoms with Gasteiger partial charge in [0.2, 0.25) is 0 Å². The van der Waals surface area contributed by atoms with Crippen LogP contribution in [0.4, 0.5) is 0 Å². The van der Waals surface area contributed by atoms with E-state index in [9.17, 15) is 0 Å². The van der Waals surface area contributed by atoms with E-state index in [1.807, 2.05) is 0 Å². The lowest BCUT2D eigenvalue weighted by atomic mass is 9.76. The van der Waals surface area contributed by atoms with Crippen LogP contribution in [-0.2, 0) is 11.2 Å². The summed E-state index contributed by atoms with van der Waals surface area (Å²) in [7, 11) is 0. The second-order valence-corrected chi connectivity index (χ2v) is 7.77. The van der Waals surface area contributed by atoms with Gasteiger partial charge in [0.1, 0.15) is 0 Å². The lowest BCUT2D eigenvalue weighted by molar-refractivity contribution is 0.0116. The molecule has 2 rings (SSSR count). The Morgan fingerprint density at radius 3 is 2.52 bits per heavy atom. The number of nitrogens with one attached hydrogen (secondary N) is 1. The highest BCUT2D eigenvalue weighted by Crippen LogP contribution is 2.34. The minimum atomic E-state index is 0.155. The third-order valence-corrected chi connectivity index (χ3v) is 4.30. The molecule has 1 saturated heterocycles. The van der Waals surface area contributed by atoms with Crippen LogP contribution in [0.3, 0.4) is 0 Å². The van der Waals surface area contributed by atoms with Crippen LogP contribution in [0.25, 0.3) is 0 Å². The molecule has 1 N–H and O–H groups in total. The highest BCUT2D eigenvalue weighted by atomic mass is 16.5.